The van der Waals surface area contributed by atoms with Gasteiger partial charge in [-0.25, -0.2) is 4.79 Å². The van der Waals surface area contributed by atoms with Crippen LogP contribution in [0, 0.1) is 41.4 Å². The average Bonchev–Trinajstić information content (AvgIpc) is 3.13. The molecule has 0 N–H and O–H groups in total. The van der Waals surface area contributed by atoms with Gasteiger partial charge in [-0.1, -0.05) is 13.0 Å². The molecule has 0 amide bonds. The van der Waals surface area contributed by atoms with Crippen LogP contribution in [0.2, 0.25) is 0 Å². The number of carbonyl (C=O) groups excluding carboxylic acids is 1. The first-order chi connectivity index (χ1) is 10.7. The summed E-state index contributed by atoms with van der Waals surface area (Å²) in [5, 5.41) is 0. The topological polar surface area (TPSA) is 26.3 Å². The molecule has 2 nitrogen and oxygen atoms in total. The zero-order valence-corrected chi connectivity index (χ0v) is 13.5. The van der Waals surface area contributed by atoms with Crippen LogP contribution >= 0.6 is 0 Å². The van der Waals surface area contributed by atoms with E-state index in [0.29, 0.717) is 17.8 Å². The predicted molar refractivity (Wildman–Crippen MR) is 85.0 cm³/mol. The van der Waals surface area contributed by atoms with E-state index in [-0.39, 0.29) is 11.6 Å². The van der Waals surface area contributed by atoms with Gasteiger partial charge < -0.3 is 4.74 Å². The molecule has 0 aromatic carbocycles. The summed E-state index contributed by atoms with van der Waals surface area (Å²) >= 11 is 0. The first-order valence-corrected chi connectivity index (χ1v) is 9.54. The van der Waals surface area contributed by atoms with Crippen LogP contribution in [0.15, 0.2) is 12.7 Å². The number of hydrogen-bond donors (Lipinski definition) is 0. The van der Waals surface area contributed by atoms with Crippen LogP contribution in [-0.2, 0) is 9.53 Å². The molecule has 6 saturated carbocycles. The lowest BCUT2D eigenvalue weighted by atomic mass is 9.46. The second-order valence-electron chi connectivity index (χ2n) is 9.06. The largest absolute Gasteiger partial charge is 0.455 e. The Kier molecular flexibility index (Phi) is 2.86. The molecule has 0 aliphatic heterocycles. The maximum absolute atomic E-state index is 12.2. The van der Waals surface area contributed by atoms with E-state index in [2.05, 4.69) is 6.58 Å². The minimum absolute atomic E-state index is 0.113. The minimum Gasteiger partial charge on any atom is -0.455 e. The fourth-order valence-corrected chi connectivity index (χ4v) is 7.78. The van der Waals surface area contributed by atoms with Crippen molar-refractivity contribution >= 4 is 5.97 Å². The van der Waals surface area contributed by atoms with Gasteiger partial charge in [0.15, 0.2) is 0 Å². The van der Waals surface area contributed by atoms with E-state index >= 15 is 0 Å². The van der Waals surface area contributed by atoms with Crippen LogP contribution in [0.5, 0.6) is 0 Å². The summed E-state index contributed by atoms with van der Waals surface area (Å²) in [6.45, 7) is 3.67. The van der Waals surface area contributed by atoms with Crippen LogP contribution in [-0.4, -0.2) is 11.6 Å². The maximum Gasteiger partial charge on any atom is 0.330 e. The lowest BCUT2D eigenvalue weighted by molar-refractivity contribution is -0.231. The van der Waals surface area contributed by atoms with Crippen molar-refractivity contribution in [1.29, 1.82) is 0 Å². The van der Waals surface area contributed by atoms with E-state index in [9.17, 15) is 4.79 Å². The molecule has 3 atom stereocenters. The average molecular weight is 300 g/mol. The second-order valence-corrected chi connectivity index (χ2v) is 9.06. The smallest absolute Gasteiger partial charge is 0.330 e. The van der Waals surface area contributed by atoms with Crippen LogP contribution in [0.1, 0.15) is 57.8 Å². The third kappa shape index (κ3) is 1.70. The Hall–Kier alpha value is -0.790. The molecule has 3 unspecified atom stereocenters. The number of hydrogen-bond acceptors (Lipinski definition) is 2. The Labute approximate surface area is 133 Å². The van der Waals surface area contributed by atoms with E-state index < -0.39 is 0 Å². The van der Waals surface area contributed by atoms with Crippen molar-refractivity contribution in [3.8, 4) is 0 Å². The summed E-state index contributed by atoms with van der Waals surface area (Å²) in [5.41, 5.74) is -0.113. The van der Waals surface area contributed by atoms with E-state index in [1.165, 1.54) is 63.9 Å². The molecular formula is C20H28O2. The maximum atomic E-state index is 12.2. The predicted octanol–water partition coefficient (Wildman–Crippen LogP) is 4.35. The van der Waals surface area contributed by atoms with Gasteiger partial charge in [-0.15, -0.1) is 0 Å². The number of fused-ring (bicyclic) bond motifs is 2. The lowest BCUT2D eigenvalue weighted by Crippen LogP contribution is -2.64. The van der Waals surface area contributed by atoms with Crippen LogP contribution in [0.4, 0.5) is 0 Å². The number of ether oxygens (including phenoxy) is 1. The molecule has 0 aromatic rings. The Bertz CT molecular complexity index is 480. The second kappa shape index (κ2) is 4.61. The standard InChI is InChI=1S/C20H28O2/c1-2-19(21)22-20(18-11-12-3-4-15(18)6-12)16-7-13-5-14(9-16)10-17(20)8-13/h2,12-18H,1,3-11H2. The first-order valence-electron chi connectivity index (χ1n) is 9.54. The van der Waals surface area contributed by atoms with E-state index in [4.69, 9.17) is 4.74 Å². The van der Waals surface area contributed by atoms with Gasteiger partial charge in [0.25, 0.3) is 0 Å². The Morgan fingerprint density at radius 3 is 2.09 bits per heavy atom. The quantitative estimate of drug-likeness (QED) is 0.572. The zero-order valence-electron chi connectivity index (χ0n) is 13.5. The molecule has 0 aromatic heterocycles. The summed E-state index contributed by atoms with van der Waals surface area (Å²) in [6, 6.07) is 0. The van der Waals surface area contributed by atoms with E-state index in [1.807, 2.05) is 0 Å². The van der Waals surface area contributed by atoms with Crippen LogP contribution in [0.3, 0.4) is 0 Å². The highest BCUT2D eigenvalue weighted by Gasteiger charge is 2.65. The molecule has 6 fully saturated rings. The van der Waals surface area contributed by atoms with Crippen molar-refractivity contribution in [3.63, 3.8) is 0 Å². The van der Waals surface area contributed by atoms with Crippen molar-refractivity contribution in [1.82, 2.24) is 0 Å². The Morgan fingerprint density at radius 1 is 0.909 bits per heavy atom. The van der Waals surface area contributed by atoms with Gasteiger partial charge in [0.1, 0.15) is 5.60 Å². The molecule has 0 spiro atoms. The highest BCUT2D eigenvalue weighted by molar-refractivity contribution is 5.81. The molecule has 22 heavy (non-hydrogen) atoms. The van der Waals surface area contributed by atoms with Gasteiger partial charge >= 0.3 is 5.97 Å². The molecule has 120 valence electrons. The van der Waals surface area contributed by atoms with Crippen molar-refractivity contribution in [2.24, 2.45) is 41.4 Å². The van der Waals surface area contributed by atoms with Crippen LogP contribution < -0.4 is 0 Å². The van der Waals surface area contributed by atoms with Crippen molar-refractivity contribution in [2.75, 3.05) is 0 Å². The third-order valence-corrected chi connectivity index (χ3v) is 8.18. The van der Waals surface area contributed by atoms with Gasteiger partial charge in [-0.05, 0) is 86.9 Å². The monoisotopic (exact) mass is 300 g/mol. The third-order valence-electron chi connectivity index (χ3n) is 8.18. The summed E-state index contributed by atoms with van der Waals surface area (Å²) in [4.78, 5) is 12.2. The van der Waals surface area contributed by atoms with Gasteiger partial charge in [-0.2, -0.15) is 0 Å². The van der Waals surface area contributed by atoms with Crippen molar-refractivity contribution < 1.29 is 9.53 Å². The van der Waals surface area contributed by atoms with Gasteiger partial charge in [0.2, 0.25) is 0 Å². The number of carbonyl (C=O) groups is 1. The van der Waals surface area contributed by atoms with Gasteiger partial charge in [0, 0.05) is 12.0 Å². The van der Waals surface area contributed by atoms with Crippen molar-refractivity contribution in [2.45, 2.75) is 63.4 Å². The number of rotatable bonds is 3. The first kappa shape index (κ1) is 13.6. The van der Waals surface area contributed by atoms with Gasteiger partial charge in [-0.3, -0.25) is 0 Å². The molecule has 6 bridgehead atoms. The Balaban J connectivity index is 1.54. The fourth-order valence-electron chi connectivity index (χ4n) is 7.78. The molecule has 0 heterocycles. The highest BCUT2D eigenvalue weighted by Crippen LogP contribution is 2.66. The molecule has 6 aliphatic rings. The lowest BCUT2D eigenvalue weighted by Gasteiger charge is -2.63. The molecule has 2 heteroatoms. The Morgan fingerprint density at radius 2 is 1.59 bits per heavy atom. The summed E-state index contributed by atoms with van der Waals surface area (Å²) < 4.78 is 6.34. The molecule has 0 saturated heterocycles. The van der Waals surface area contributed by atoms with E-state index in [1.54, 1.807) is 0 Å². The zero-order chi connectivity index (χ0) is 14.9. The normalized spacial score (nSPS) is 54.6. The van der Waals surface area contributed by atoms with Crippen molar-refractivity contribution in [3.05, 3.63) is 12.7 Å². The highest BCUT2D eigenvalue weighted by atomic mass is 16.6. The summed E-state index contributed by atoms with van der Waals surface area (Å²) in [7, 11) is 0. The van der Waals surface area contributed by atoms with Gasteiger partial charge in [0.05, 0.1) is 0 Å². The number of esters is 1. The van der Waals surface area contributed by atoms with Crippen LogP contribution in [0.25, 0.3) is 0 Å². The molecule has 6 rings (SSSR count). The minimum atomic E-state index is -0.157. The molecule has 6 aliphatic carbocycles. The molecule has 0 radical (unpaired) electrons. The fraction of sp³-hybridized carbons (Fsp3) is 0.850. The summed E-state index contributed by atoms with van der Waals surface area (Å²) in [6.07, 6.45) is 13.7. The SMILES string of the molecule is C=CC(=O)OC1(C2CC3CCC2C3)C2CC3CC(C2)CC1C3. The van der Waals surface area contributed by atoms with E-state index in [0.717, 1.165) is 23.7 Å². The molecular weight excluding hydrogens is 272 g/mol. The summed E-state index contributed by atoms with van der Waals surface area (Å²) in [5.74, 6) is 5.41.